The number of rotatable bonds is 4. The molecule has 7 heteroatoms. The number of anilines is 2. The van der Waals surface area contributed by atoms with Crippen molar-refractivity contribution in [1.82, 2.24) is 14.5 Å². The van der Waals surface area contributed by atoms with Crippen molar-refractivity contribution in [2.75, 3.05) is 10.6 Å². The molecule has 3 N–H and O–H groups in total. The minimum atomic E-state index is -1.84. The van der Waals surface area contributed by atoms with Crippen LogP contribution >= 0.6 is 11.6 Å². The van der Waals surface area contributed by atoms with Crippen LogP contribution in [-0.2, 0) is 6.50 Å². The third-order valence-corrected chi connectivity index (χ3v) is 5.13. The lowest BCUT2D eigenvalue weighted by Gasteiger charge is -2.11. The molecule has 6 nitrogen and oxygen atoms in total. The summed E-state index contributed by atoms with van der Waals surface area (Å²) < 4.78 is 19.3. The van der Waals surface area contributed by atoms with E-state index >= 15 is 0 Å². The molecular weight excluding hydrogens is 398 g/mol. The third-order valence-electron chi connectivity index (χ3n) is 4.80. The van der Waals surface area contributed by atoms with Gasteiger partial charge in [0.2, 0.25) is 0 Å². The first-order valence-electron chi connectivity index (χ1n) is 10.3. The predicted molar refractivity (Wildman–Crippen MR) is 121 cm³/mol. The third kappa shape index (κ3) is 3.38. The van der Waals surface area contributed by atoms with Gasteiger partial charge in [0.25, 0.3) is 0 Å². The van der Waals surface area contributed by atoms with Gasteiger partial charge in [0.15, 0.2) is 0 Å². The average Bonchev–Trinajstić information content (AvgIpc) is 3.43. The molecule has 0 radical (unpaired) electrons. The minimum Gasteiger partial charge on any atom is -0.346 e. The van der Waals surface area contributed by atoms with Crippen molar-refractivity contribution in [2.24, 2.45) is 0 Å². The predicted octanol–water partition coefficient (Wildman–Crippen LogP) is 5.86. The molecule has 30 heavy (non-hydrogen) atoms. The van der Waals surface area contributed by atoms with Crippen LogP contribution in [0.15, 0.2) is 79.3 Å². The van der Waals surface area contributed by atoms with Gasteiger partial charge >= 0.3 is 6.03 Å². The number of hydrogen-bond acceptors (Lipinski definition) is 2. The van der Waals surface area contributed by atoms with Crippen molar-refractivity contribution >= 4 is 50.9 Å². The fourth-order valence-electron chi connectivity index (χ4n) is 3.40. The highest BCUT2D eigenvalue weighted by Crippen LogP contribution is 2.27. The smallest absolute Gasteiger partial charge is 0.323 e. The summed E-state index contributed by atoms with van der Waals surface area (Å²) in [5, 5.41) is 7.43. The van der Waals surface area contributed by atoms with Gasteiger partial charge in [-0.05, 0) is 48.0 Å². The number of nitrogens with zero attached hydrogens (tertiary/aromatic N) is 2. The Morgan fingerprint density at radius 2 is 1.87 bits per heavy atom. The highest BCUT2D eigenvalue weighted by molar-refractivity contribution is 6.33. The number of pyridine rings is 1. The zero-order valence-corrected chi connectivity index (χ0v) is 16.4. The zero-order valence-electron chi connectivity index (χ0n) is 17.7. The Kier molecular flexibility index (Phi) is 4.06. The van der Waals surface area contributed by atoms with Crippen LogP contribution < -0.4 is 10.6 Å². The molecule has 0 saturated carbocycles. The molecule has 0 bridgehead atoms. The maximum Gasteiger partial charge on any atom is 0.323 e. The number of aromatic amines is 1. The molecule has 2 aromatic carbocycles. The zero-order chi connectivity index (χ0) is 22.3. The molecule has 3 heterocycles. The number of amides is 2. The van der Waals surface area contributed by atoms with E-state index in [0.29, 0.717) is 43.9 Å². The monoisotopic (exact) mass is 417 g/mol. The highest BCUT2D eigenvalue weighted by atomic mass is 35.5. The van der Waals surface area contributed by atoms with E-state index in [9.17, 15) is 4.79 Å². The average molecular weight is 418 g/mol. The van der Waals surface area contributed by atoms with Crippen molar-refractivity contribution in [3.8, 4) is 0 Å². The van der Waals surface area contributed by atoms with Gasteiger partial charge in [-0.25, -0.2) is 9.78 Å². The molecule has 2 amide bonds. The molecule has 0 aliphatic heterocycles. The fraction of sp³-hybridized carbons (Fsp3) is 0.0435. The van der Waals surface area contributed by atoms with E-state index in [1.807, 2.05) is 12.1 Å². The van der Waals surface area contributed by atoms with Gasteiger partial charge in [-0.1, -0.05) is 29.8 Å². The van der Waals surface area contributed by atoms with Gasteiger partial charge in [-0.2, -0.15) is 0 Å². The quantitative estimate of drug-likeness (QED) is 0.342. The summed E-state index contributed by atoms with van der Waals surface area (Å²) in [7, 11) is 0. The summed E-state index contributed by atoms with van der Waals surface area (Å²) in [5.41, 5.74) is 2.83. The lowest BCUT2D eigenvalue weighted by atomic mass is 10.2. The van der Waals surface area contributed by atoms with Crippen LogP contribution in [0.3, 0.4) is 0 Å². The second kappa shape index (κ2) is 7.57. The Morgan fingerprint density at radius 3 is 2.77 bits per heavy atom. The van der Waals surface area contributed by atoms with Crippen LogP contribution in [0, 0.1) is 0 Å². The lowest BCUT2D eigenvalue weighted by molar-refractivity contribution is 0.262. The van der Waals surface area contributed by atoms with Crippen LogP contribution in [0.2, 0.25) is 5.02 Å². The van der Waals surface area contributed by atoms with Crippen molar-refractivity contribution in [3.05, 3.63) is 89.8 Å². The number of H-pyrrole nitrogens is 1. The number of para-hydroxylation sites is 1. The number of halogens is 1. The fourth-order valence-corrected chi connectivity index (χ4v) is 3.58. The molecule has 0 atom stereocenters. The number of urea groups is 1. The lowest BCUT2D eigenvalue weighted by Crippen LogP contribution is -2.19. The van der Waals surface area contributed by atoms with Gasteiger partial charge < -0.3 is 20.2 Å². The SMILES string of the molecule is [2H]C([2H])(c1ccnc2[nH]ccc12)n1ccc2c(NC(=O)Nc3ccccc3Cl)cccc21. The highest BCUT2D eigenvalue weighted by Gasteiger charge is 2.11. The van der Waals surface area contributed by atoms with E-state index in [4.69, 9.17) is 14.3 Å². The van der Waals surface area contributed by atoms with Gasteiger partial charge in [0.05, 0.1) is 24.7 Å². The molecule has 0 saturated heterocycles. The van der Waals surface area contributed by atoms with E-state index in [1.165, 1.54) is 0 Å². The molecule has 0 fully saturated rings. The Morgan fingerprint density at radius 1 is 1.03 bits per heavy atom. The summed E-state index contributed by atoms with van der Waals surface area (Å²) in [6.07, 6.45) is 5.01. The van der Waals surface area contributed by atoms with Crippen LogP contribution in [0.5, 0.6) is 0 Å². The number of hydrogen-bond donors (Lipinski definition) is 3. The number of aromatic nitrogens is 3. The molecule has 3 aromatic heterocycles. The molecule has 0 aliphatic rings. The molecule has 0 spiro atoms. The summed E-state index contributed by atoms with van der Waals surface area (Å²) in [5.74, 6) is 0. The number of benzene rings is 2. The van der Waals surface area contributed by atoms with Crippen molar-refractivity contribution in [1.29, 1.82) is 0 Å². The number of carbonyl (C=O) groups is 1. The largest absolute Gasteiger partial charge is 0.346 e. The topological polar surface area (TPSA) is 74.7 Å². The standard InChI is InChI=1S/C23H18ClN5O/c24-18-4-1-2-5-20(18)28-23(30)27-19-6-3-7-21-17(19)10-13-29(21)14-15-8-11-25-22-16(15)9-12-26-22/h1-13H,14H2,(H,25,26)(H2,27,28,30)/i14D2. The molecule has 0 aliphatic carbocycles. The van der Waals surface area contributed by atoms with Crippen LogP contribution in [0.25, 0.3) is 21.9 Å². The van der Waals surface area contributed by atoms with Crippen molar-refractivity contribution < 1.29 is 7.54 Å². The van der Waals surface area contributed by atoms with E-state index in [-0.39, 0.29) is 0 Å². The summed E-state index contributed by atoms with van der Waals surface area (Å²) in [4.78, 5) is 19.8. The van der Waals surface area contributed by atoms with Gasteiger partial charge in [0, 0.05) is 35.9 Å². The van der Waals surface area contributed by atoms with E-state index in [2.05, 4.69) is 20.6 Å². The maximum atomic E-state index is 12.5. The Balaban J connectivity index is 1.50. The van der Waals surface area contributed by atoms with Crippen molar-refractivity contribution in [2.45, 2.75) is 6.50 Å². The second-order valence-electron chi connectivity index (χ2n) is 6.69. The number of carbonyl (C=O) groups excluding carboxylic acids is 1. The van der Waals surface area contributed by atoms with Gasteiger partial charge in [0.1, 0.15) is 5.65 Å². The first-order valence-corrected chi connectivity index (χ1v) is 9.68. The summed E-state index contributed by atoms with van der Waals surface area (Å²) in [6.45, 7) is -1.84. The van der Waals surface area contributed by atoms with Gasteiger partial charge in [-0.3, -0.25) is 0 Å². The van der Waals surface area contributed by atoms with Crippen LogP contribution in [0.1, 0.15) is 8.30 Å². The number of fused-ring (bicyclic) bond motifs is 2. The number of nitrogens with one attached hydrogen (secondary N) is 3. The van der Waals surface area contributed by atoms with Crippen LogP contribution in [0.4, 0.5) is 16.2 Å². The second-order valence-corrected chi connectivity index (χ2v) is 7.10. The molecule has 5 aromatic rings. The maximum absolute atomic E-state index is 12.5. The minimum absolute atomic E-state index is 0.439. The first kappa shape index (κ1) is 16.1. The normalized spacial score (nSPS) is 12.6. The first-order chi connectivity index (χ1) is 15.4. The Labute approximate surface area is 180 Å². The molecule has 0 unspecified atom stereocenters. The Hall–Kier alpha value is -3.77. The van der Waals surface area contributed by atoms with E-state index in [1.54, 1.807) is 71.7 Å². The van der Waals surface area contributed by atoms with Crippen LogP contribution in [-0.4, -0.2) is 20.6 Å². The molecule has 5 rings (SSSR count). The van der Waals surface area contributed by atoms with Crippen molar-refractivity contribution in [3.63, 3.8) is 0 Å². The Bertz CT molecular complexity index is 1460. The van der Waals surface area contributed by atoms with Gasteiger partial charge in [-0.15, -0.1) is 0 Å². The molecular formula is C23H18ClN5O. The summed E-state index contributed by atoms with van der Waals surface area (Å²) in [6, 6.07) is 17.2. The van der Waals surface area contributed by atoms with E-state index < -0.39 is 12.5 Å². The van der Waals surface area contributed by atoms with E-state index in [0.717, 1.165) is 0 Å². The summed E-state index contributed by atoms with van der Waals surface area (Å²) >= 11 is 6.12. The molecule has 148 valence electrons.